The quantitative estimate of drug-likeness (QED) is 0.837. The van der Waals surface area contributed by atoms with Crippen LogP contribution in [0.1, 0.15) is 25.0 Å². The van der Waals surface area contributed by atoms with Crippen LogP contribution in [0.5, 0.6) is 0 Å². The first-order valence-electron chi connectivity index (χ1n) is 5.31. The number of aromatic nitrogens is 2. The molecule has 1 heterocycles. The second-order valence-corrected chi connectivity index (χ2v) is 4.57. The van der Waals surface area contributed by atoms with Crippen molar-refractivity contribution in [3.05, 3.63) is 47.8 Å². The van der Waals surface area contributed by atoms with Crippen LogP contribution in [0.4, 0.5) is 0 Å². The topological polar surface area (TPSA) is 38.0 Å². The molecule has 1 N–H and O–H groups in total. The molecule has 2 rings (SSSR count). The van der Waals surface area contributed by atoms with Crippen molar-refractivity contribution in [2.24, 2.45) is 0 Å². The van der Waals surface area contributed by atoms with E-state index in [2.05, 4.69) is 5.10 Å². The minimum absolute atomic E-state index is 0.793. The van der Waals surface area contributed by atoms with E-state index in [0.29, 0.717) is 0 Å². The molecule has 3 nitrogen and oxygen atoms in total. The molecule has 2 aromatic rings. The van der Waals surface area contributed by atoms with Gasteiger partial charge in [-0.15, -0.1) is 0 Å². The minimum Gasteiger partial charge on any atom is -0.386 e. The molecule has 0 aliphatic heterocycles. The van der Waals surface area contributed by atoms with Crippen LogP contribution in [0.15, 0.2) is 36.7 Å². The fourth-order valence-electron chi connectivity index (χ4n) is 1.58. The number of benzene rings is 1. The van der Waals surface area contributed by atoms with Gasteiger partial charge >= 0.3 is 0 Å². The first-order chi connectivity index (χ1) is 7.47. The molecule has 0 amide bonds. The van der Waals surface area contributed by atoms with E-state index in [1.807, 2.05) is 48.3 Å². The summed E-state index contributed by atoms with van der Waals surface area (Å²) >= 11 is 0. The molecule has 0 aliphatic rings. The average Bonchev–Trinajstić information content (AvgIpc) is 2.64. The zero-order valence-corrected chi connectivity index (χ0v) is 9.81. The maximum Gasteiger partial charge on any atom is 0.0840 e. The van der Waals surface area contributed by atoms with Crippen LogP contribution in [0.25, 0.3) is 5.69 Å². The third kappa shape index (κ3) is 2.14. The molecule has 0 saturated carbocycles. The highest BCUT2D eigenvalue weighted by atomic mass is 16.3. The molecule has 0 bridgehead atoms. The number of hydrogen-bond acceptors (Lipinski definition) is 2. The molecule has 0 spiro atoms. The number of aryl methyl sites for hydroxylation is 1. The summed E-state index contributed by atoms with van der Waals surface area (Å²) in [6, 6.07) is 7.76. The van der Waals surface area contributed by atoms with Gasteiger partial charge in [0, 0.05) is 6.20 Å². The van der Waals surface area contributed by atoms with Crippen molar-refractivity contribution in [1.82, 2.24) is 9.78 Å². The second kappa shape index (κ2) is 3.76. The number of nitrogens with zero attached hydrogens (tertiary/aromatic N) is 2. The highest BCUT2D eigenvalue weighted by Crippen LogP contribution is 2.20. The van der Waals surface area contributed by atoms with Crippen LogP contribution in [0.2, 0.25) is 0 Å². The molecule has 1 aromatic carbocycles. The van der Waals surface area contributed by atoms with Crippen molar-refractivity contribution in [3.63, 3.8) is 0 Å². The lowest BCUT2D eigenvalue weighted by Crippen LogP contribution is -2.15. The van der Waals surface area contributed by atoms with Crippen molar-refractivity contribution in [2.75, 3.05) is 0 Å². The maximum absolute atomic E-state index is 9.83. The number of aliphatic hydroxyl groups is 1. The summed E-state index contributed by atoms with van der Waals surface area (Å²) in [4.78, 5) is 0. The average molecular weight is 216 g/mol. The summed E-state index contributed by atoms with van der Waals surface area (Å²) in [6.45, 7) is 5.56. The van der Waals surface area contributed by atoms with Gasteiger partial charge in [-0.05, 0) is 44.0 Å². The normalized spacial score (nSPS) is 11.8. The Labute approximate surface area is 95.3 Å². The fraction of sp³-hybridized carbons (Fsp3) is 0.308. The van der Waals surface area contributed by atoms with E-state index in [9.17, 15) is 5.11 Å². The molecule has 1 aromatic heterocycles. The van der Waals surface area contributed by atoms with E-state index < -0.39 is 5.60 Å². The molecule has 0 unspecified atom stereocenters. The Morgan fingerprint density at radius 3 is 2.25 bits per heavy atom. The number of rotatable bonds is 2. The van der Waals surface area contributed by atoms with Crippen molar-refractivity contribution in [3.8, 4) is 5.69 Å². The zero-order valence-electron chi connectivity index (χ0n) is 9.81. The first-order valence-corrected chi connectivity index (χ1v) is 5.31. The molecule has 3 heteroatoms. The lowest BCUT2D eigenvalue weighted by atomic mass is 9.98. The van der Waals surface area contributed by atoms with E-state index >= 15 is 0 Å². The van der Waals surface area contributed by atoms with Crippen molar-refractivity contribution >= 4 is 0 Å². The smallest absolute Gasteiger partial charge is 0.0840 e. The Hall–Kier alpha value is -1.61. The van der Waals surface area contributed by atoms with Crippen molar-refractivity contribution in [1.29, 1.82) is 0 Å². The van der Waals surface area contributed by atoms with E-state index in [4.69, 9.17) is 0 Å². The lowest BCUT2D eigenvalue weighted by Gasteiger charge is -2.17. The lowest BCUT2D eigenvalue weighted by molar-refractivity contribution is 0.0786. The summed E-state index contributed by atoms with van der Waals surface area (Å²) in [6.07, 6.45) is 3.79. The Morgan fingerprint density at radius 2 is 1.81 bits per heavy atom. The Balaban J connectivity index is 2.33. The van der Waals surface area contributed by atoms with Crippen LogP contribution in [0.3, 0.4) is 0 Å². The van der Waals surface area contributed by atoms with Gasteiger partial charge in [0.1, 0.15) is 0 Å². The van der Waals surface area contributed by atoms with Gasteiger partial charge in [0.25, 0.3) is 0 Å². The minimum atomic E-state index is -0.793. The van der Waals surface area contributed by atoms with Gasteiger partial charge in [-0.2, -0.15) is 5.10 Å². The maximum atomic E-state index is 9.83. The van der Waals surface area contributed by atoms with Crippen LogP contribution < -0.4 is 0 Å². The predicted molar refractivity (Wildman–Crippen MR) is 63.5 cm³/mol. The monoisotopic (exact) mass is 216 g/mol. The molecule has 84 valence electrons. The summed E-state index contributed by atoms with van der Waals surface area (Å²) < 4.78 is 1.82. The van der Waals surface area contributed by atoms with Gasteiger partial charge in [0.15, 0.2) is 0 Å². The summed E-state index contributed by atoms with van der Waals surface area (Å²) in [7, 11) is 0. The Morgan fingerprint density at radius 1 is 1.19 bits per heavy atom. The van der Waals surface area contributed by atoms with Crippen LogP contribution in [0, 0.1) is 6.92 Å². The molecule has 0 aliphatic carbocycles. The van der Waals surface area contributed by atoms with E-state index in [-0.39, 0.29) is 0 Å². The molecular weight excluding hydrogens is 200 g/mol. The second-order valence-electron chi connectivity index (χ2n) is 4.57. The zero-order chi connectivity index (χ0) is 11.8. The molecule has 0 fully saturated rings. The van der Waals surface area contributed by atoms with Crippen molar-refractivity contribution in [2.45, 2.75) is 26.4 Å². The van der Waals surface area contributed by atoms with Gasteiger partial charge in [-0.3, -0.25) is 0 Å². The van der Waals surface area contributed by atoms with Gasteiger partial charge in [-0.25, -0.2) is 4.68 Å². The van der Waals surface area contributed by atoms with Gasteiger partial charge in [0.05, 0.1) is 17.5 Å². The van der Waals surface area contributed by atoms with Crippen LogP contribution >= 0.6 is 0 Å². The molecule has 16 heavy (non-hydrogen) atoms. The SMILES string of the molecule is Cc1cnn(-c2ccc(C(C)(C)O)cc2)c1. The largest absolute Gasteiger partial charge is 0.386 e. The van der Waals surface area contributed by atoms with E-state index in [1.165, 1.54) is 0 Å². The van der Waals surface area contributed by atoms with Crippen LogP contribution in [-0.2, 0) is 5.60 Å². The molecule has 0 saturated heterocycles. The highest BCUT2D eigenvalue weighted by Gasteiger charge is 2.15. The standard InChI is InChI=1S/C13H16N2O/c1-10-8-14-15(9-10)12-6-4-11(5-7-12)13(2,3)16/h4-9,16H,1-3H3. The van der Waals surface area contributed by atoms with Crippen LogP contribution in [-0.4, -0.2) is 14.9 Å². The van der Waals surface area contributed by atoms with Gasteiger partial charge in [0.2, 0.25) is 0 Å². The first kappa shape index (κ1) is 10.9. The summed E-state index contributed by atoms with van der Waals surface area (Å²) in [5, 5.41) is 14.1. The van der Waals surface area contributed by atoms with Gasteiger partial charge < -0.3 is 5.11 Å². The number of hydrogen-bond donors (Lipinski definition) is 1. The van der Waals surface area contributed by atoms with Crippen molar-refractivity contribution < 1.29 is 5.11 Å². The predicted octanol–water partition coefficient (Wildman–Crippen LogP) is 2.41. The Kier molecular flexibility index (Phi) is 2.56. The third-order valence-corrected chi connectivity index (χ3v) is 2.55. The summed E-state index contributed by atoms with van der Waals surface area (Å²) in [5.41, 5.74) is 2.24. The van der Waals surface area contributed by atoms with E-state index in [1.54, 1.807) is 13.8 Å². The Bertz CT molecular complexity index is 477. The van der Waals surface area contributed by atoms with Gasteiger partial charge in [-0.1, -0.05) is 12.1 Å². The molecule has 0 atom stereocenters. The summed E-state index contributed by atoms with van der Waals surface area (Å²) in [5.74, 6) is 0. The third-order valence-electron chi connectivity index (χ3n) is 2.55. The highest BCUT2D eigenvalue weighted by molar-refractivity contribution is 5.36. The van der Waals surface area contributed by atoms with E-state index in [0.717, 1.165) is 16.8 Å². The fourth-order valence-corrected chi connectivity index (χ4v) is 1.58. The molecular formula is C13H16N2O. The molecule has 0 radical (unpaired) electrons.